The zero-order valence-corrected chi connectivity index (χ0v) is 9.50. The molecule has 3 nitrogen and oxygen atoms in total. The second kappa shape index (κ2) is 4.94. The third-order valence-corrected chi connectivity index (χ3v) is 2.36. The van der Waals surface area contributed by atoms with Crippen molar-refractivity contribution in [1.29, 1.82) is 0 Å². The predicted molar refractivity (Wildman–Crippen MR) is 61.4 cm³/mol. The molecule has 82 valence electrons. The molecule has 0 aromatic heterocycles. The molecule has 0 fully saturated rings. The Hall–Kier alpha value is -1.35. The van der Waals surface area contributed by atoms with Crippen LogP contribution in [0.3, 0.4) is 0 Å². The first-order valence-electron chi connectivity index (χ1n) is 5.10. The van der Waals surface area contributed by atoms with Crippen LogP contribution in [0.1, 0.15) is 23.6 Å². The molecule has 0 radical (unpaired) electrons. The molecule has 0 heterocycles. The van der Waals surface area contributed by atoms with E-state index < -0.39 is 6.04 Å². The summed E-state index contributed by atoms with van der Waals surface area (Å²) in [6.07, 6.45) is 0. The lowest BCUT2D eigenvalue weighted by Crippen LogP contribution is -2.37. The van der Waals surface area contributed by atoms with Gasteiger partial charge in [0.15, 0.2) is 0 Å². The van der Waals surface area contributed by atoms with Crippen molar-refractivity contribution >= 4 is 5.91 Å². The Morgan fingerprint density at radius 1 is 1.47 bits per heavy atom. The maximum Gasteiger partial charge on any atom is 0.236 e. The molecule has 0 aliphatic carbocycles. The fraction of sp³-hybridized carbons (Fsp3) is 0.417. The number of hydrogen-bond acceptors (Lipinski definition) is 2. The van der Waals surface area contributed by atoms with Crippen molar-refractivity contribution in [2.75, 3.05) is 0 Å². The highest BCUT2D eigenvalue weighted by molar-refractivity contribution is 5.80. The van der Waals surface area contributed by atoms with Crippen LogP contribution in [-0.2, 0) is 11.3 Å². The molecular formula is C12H18N2O. The summed E-state index contributed by atoms with van der Waals surface area (Å²) in [5.41, 5.74) is 9.01. The first-order valence-corrected chi connectivity index (χ1v) is 5.10. The van der Waals surface area contributed by atoms with Gasteiger partial charge in [0, 0.05) is 6.54 Å². The monoisotopic (exact) mass is 206 g/mol. The van der Waals surface area contributed by atoms with Crippen molar-refractivity contribution in [2.45, 2.75) is 33.4 Å². The number of nitrogens with one attached hydrogen (secondary N) is 1. The maximum absolute atomic E-state index is 11.3. The number of benzene rings is 1. The summed E-state index contributed by atoms with van der Waals surface area (Å²) in [5, 5.41) is 2.79. The van der Waals surface area contributed by atoms with Crippen molar-refractivity contribution in [3.8, 4) is 0 Å². The highest BCUT2D eigenvalue weighted by atomic mass is 16.2. The summed E-state index contributed by atoms with van der Waals surface area (Å²) < 4.78 is 0. The van der Waals surface area contributed by atoms with Gasteiger partial charge >= 0.3 is 0 Å². The average Bonchev–Trinajstić information content (AvgIpc) is 2.15. The third-order valence-electron chi connectivity index (χ3n) is 2.36. The van der Waals surface area contributed by atoms with E-state index in [1.165, 1.54) is 11.1 Å². The van der Waals surface area contributed by atoms with E-state index in [2.05, 4.69) is 18.3 Å². The van der Waals surface area contributed by atoms with Gasteiger partial charge in [0.1, 0.15) is 0 Å². The third kappa shape index (κ3) is 3.36. The minimum Gasteiger partial charge on any atom is -0.351 e. The summed E-state index contributed by atoms with van der Waals surface area (Å²) in [6.45, 7) is 6.32. The number of nitrogens with two attached hydrogens (primary N) is 1. The molecule has 1 aromatic rings. The summed E-state index contributed by atoms with van der Waals surface area (Å²) in [4.78, 5) is 11.3. The lowest BCUT2D eigenvalue weighted by molar-refractivity contribution is -0.122. The van der Waals surface area contributed by atoms with Gasteiger partial charge in [0.25, 0.3) is 0 Å². The minimum absolute atomic E-state index is 0.116. The van der Waals surface area contributed by atoms with Crippen LogP contribution in [0.25, 0.3) is 0 Å². The van der Waals surface area contributed by atoms with Crippen LogP contribution >= 0.6 is 0 Å². The fourth-order valence-electron chi connectivity index (χ4n) is 1.39. The van der Waals surface area contributed by atoms with Gasteiger partial charge in [0.2, 0.25) is 5.91 Å². The Balaban J connectivity index is 2.62. The standard InChI is InChI=1S/C12H18N2O/c1-8-4-5-11(9(2)6-8)7-14-12(15)10(3)13/h4-6,10H,7,13H2,1-3H3,(H,14,15)/t10-/m0/s1. The van der Waals surface area contributed by atoms with E-state index >= 15 is 0 Å². The van der Waals surface area contributed by atoms with E-state index in [0.29, 0.717) is 6.54 Å². The SMILES string of the molecule is Cc1ccc(CNC(=O)[C@H](C)N)c(C)c1. The predicted octanol–water partition coefficient (Wildman–Crippen LogP) is 1.27. The zero-order valence-electron chi connectivity index (χ0n) is 9.50. The van der Waals surface area contributed by atoms with Gasteiger partial charge in [-0.05, 0) is 31.9 Å². The number of aryl methyl sites for hydroxylation is 2. The highest BCUT2D eigenvalue weighted by Gasteiger charge is 2.06. The van der Waals surface area contributed by atoms with E-state index in [4.69, 9.17) is 5.73 Å². The zero-order chi connectivity index (χ0) is 11.4. The van der Waals surface area contributed by atoms with E-state index in [0.717, 1.165) is 5.56 Å². The lowest BCUT2D eigenvalue weighted by Gasteiger charge is -2.10. The molecule has 1 amide bonds. The van der Waals surface area contributed by atoms with Gasteiger partial charge < -0.3 is 11.1 Å². The highest BCUT2D eigenvalue weighted by Crippen LogP contribution is 2.09. The molecule has 3 N–H and O–H groups in total. The first-order chi connectivity index (χ1) is 7.00. The quantitative estimate of drug-likeness (QED) is 0.782. The molecule has 0 saturated carbocycles. The van der Waals surface area contributed by atoms with Gasteiger partial charge in [-0.25, -0.2) is 0 Å². The molecular weight excluding hydrogens is 188 g/mol. The van der Waals surface area contributed by atoms with Crippen molar-refractivity contribution in [3.05, 3.63) is 34.9 Å². The summed E-state index contributed by atoms with van der Waals surface area (Å²) in [5.74, 6) is -0.116. The molecule has 0 aliphatic rings. The largest absolute Gasteiger partial charge is 0.351 e. The molecule has 3 heteroatoms. The maximum atomic E-state index is 11.3. The average molecular weight is 206 g/mol. The second-order valence-electron chi connectivity index (χ2n) is 3.94. The van der Waals surface area contributed by atoms with Crippen molar-refractivity contribution in [1.82, 2.24) is 5.32 Å². The van der Waals surface area contributed by atoms with Crippen LogP contribution in [0.5, 0.6) is 0 Å². The Bertz CT molecular complexity index is 359. The van der Waals surface area contributed by atoms with Crippen LogP contribution in [-0.4, -0.2) is 11.9 Å². The van der Waals surface area contributed by atoms with Gasteiger partial charge in [-0.1, -0.05) is 23.8 Å². The van der Waals surface area contributed by atoms with Gasteiger partial charge in [-0.15, -0.1) is 0 Å². The number of rotatable bonds is 3. The van der Waals surface area contributed by atoms with E-state index in [1.54, 1.807) is 6.92 Å². The van der Waals surface area contributed by atoms with Crippen LogP contribution in [0.15, 0.2) is 18.2 Å². The normalized spacial score (nSPS) is 12.3. The smallest absolute Gasteiger partial charge is 0.236 e. The van der Waals surface area contributed by atoms with E-state index in [1.807, 2.05) is 19.1 Å². The molecule has 0 aliphatic heterocycles. The Morgan fingerprint density at radius 3 is 2.67 bits per heavy atom. The Kier molecular flexibility index (Phi) is 3.86. The molecule has 0 unspecified atom stereocenters. The molecule has 0 bridgehead atoms. The number of hydrogen-bond donors (Lipinski definition) is 2. The molecule has 1 atom stereocenters. The Labute approximate surface area is 90.7 Å². The summed E-state index contributed by atoms with van der Waals surface area (Å²) in [7, 11) is 0. The lowest BCUT2D eigenvalue weighted by atomic mass is 10.1. The molecule has 0 spiro atoms. The van der Waals surface area contributed by atoms with Crippen molar-refractivity contribution in [3.63, 3.8) is 0 Å². The van der Waals surface area contributed by atoms with E-state index in [9.17, 15) is 4.79 Å². The topological polar surface area (TPSA) is 55.1 Å². The second-order valence-corrected chi connectivity index (χ2v) is 3.94. The minimum atomic E-state index is -0.448. The van der Waals surface area contributed by atoms with Gasteiger partial charge in [0.05, 0.1) is 6.04 Å². The molecule has 15 heavy (non-hydrogen) atoms. The van der Waals surface area contributed by atoms with Gasteiger partial charge in [-0.3, -0.25) is 4.79 Å². The fourth-order valence-corrected chi connectivity index (χ4v) is 1.39. The van der Waals surface area contributed by atoms with Crippen LogP contribution in [0, 0.1) is 13.8 Å². The first kappa shape index (κ1) is 11.7. The van der Waals surface area contributed by atoms with Crippen molar-refractivity contribution in [2.24, 2.45) is 5.73 Å². The van der Waals surface area contributed by atoms with Gasteiger partial charge in [-0.2, -0.15) is 0 Å². The van der Waals surface area contributed by atoms with Crippen LogP contribution in [0.4, 0.5) is 0 Å². The van der Waals surface area contributed by atoms with Crippen molar-refractivity contribution < 1.29 is 4.79 Å². The summed E-state index contributed by atoms with van der Waals surface area (Å²) >= 11 is 0. The molecule has 1 aromatic carbocycles. The molecule has 1 rings (SSSR count). The number of carbonyl (C=O) groups is 1. The number of amides is 1. The van der Waals surface area contributed by atoms with E-state index in [-0.39, 0.29) is 5.91 Å². The van der Waals surface area contributed by atoms with Crippen LogP contribution in [0.2, 0.25) is 0 Å². The van der Waals surface area contributed by atoms with Crippen LogP contribution < -0.4 is 11.1 Å². The summed E-state index contributed by atoms with van der Waals surface area (Å²) in [6, 6.07) is 5.73. The molecule has 0 saturated heterocycles. The Morgan fingerprint density at radius 2 is 2.13 bits per heavy atom. The number of carbonyl (C=O) groups excluding carboxylic acids is 1.